The number of terminal acetylenes is 1. The Morgan fingerprint density at radius 2 is 2.18 bits per heavy atom. The predicted molar refractivity (Wildman–Crippen MR) is 70.5 cm³/mol. The third-order valence-electron chi connectivity index (χ3n) is 2.42. The zero-order valence-corrected chi connectivity index (χ0v) is 11.2. The molecule has 17 heavy (non-hydrogen) atoms. The Morgan fingerprint density at radius 1 is 1.47 bits per heavy atom. The van der Waals surface area contributed by atoms with E-state index in [2.05, 4.69) is 36.9 Å². The molecule has 0 aromatic carbocycles. The van der Waals surface area contributed by atoms with E-state index in [1.54, 1.807) is 6.26 Å². The van der Waals surface area contributed by atoms with E-state index in [4.69, 9.17) is 10.8 Å². The minimum Gasteiger partial charge on any atom is -0.468 e. The van der Waals surface area contributed by atoms with Crippen LogP contribution in [-0.2, 0) is 13.1 Å². The molecule has 0 saturated heterocycles. The largest absolute Gasteiger partial charge is 0.468 e. The van der Waals surface area contributed by atoms with Crippen LogP contribution in [0.1, 0.15) is 32.1 Å². The maximum absolute atomic E-state index is 5.50. The lowest BCUT2D eigenvalue weighted by molar-refractivity contribution is 0.353. The standard InChI is InChI=1S/C14H22N2O/c1-6-8-16(5)11-12-7-9-17-13(12)10-15-14(2,3)4/h1,7,9,15H,8,10-11H2,2-5H3. The van der Waals surface area contributed by atoms with Crippen LogP contribution in [0.25, 0.3) is 0 Å². The molecule has 0 aliphatic rings. The van der Waals surface area contributed by atoms with Crippen molar-refractivity contribution in [2.24, 2.45) is 0 Å². The second-order valence-electron chi connectivity index (χ2n) is 5.35. The van der Waals surface area contributed by atoms with Crippen LogP contribution in [0.4, 0.5) is 0 Å². The van der Waals surface area contributed by atoms with Crippen molar-refractivity contribution in [1.82, 2.24) is 10.2 Å². The molecule has 3 nitrogen and oxygen atoms in total. The van der Waals surface area contributed by atoms with E-state index in [0.29, 0.717) is 6.54 Å². The van der Waals surface area contributed by atoms with E-state index in [1.807, 2.05) is 13.1 Å². The van der Waals surface area contributed by atoms with Gasteiger partial charge in [0.2, 0.25) is 0 Å². The van der Waals surface area contributed by atoms with Gasteiger partial charge < -0.3 is 9.73 Å². The maximum atomic E-state index is 5.50. The van der Waals surface area contributed by atoms with Gasteiger partial charge in [-0.3, -0.25) is 4.90 Å². The van der Waals surface area contributed by atoms with Crippen LogP contribution in [0.5, 0.6) is 0 Å². The zero-order valence-electron chi connectivity index (χ0n) is 11.2. The van der Waals surface area contributed by atoms with Gasteiger partial charge in [-0.2, -0.15) is 0 Å². The molecule has 0 saturated carbocycles. The average Bonchev–Trinajstić information content (AvgIpc) is 2.61. The third kappa shape index (κ3) is 5.08. The van der Waals surface area contributed by atoms with Crippen molar-refractivity contribution < 1.29 is 4.42 Å². The molecule has 1 rings (SSSR count). The minimum atomic E-state index is 0.0920. The predicted octanol–water partition coefficient (Wildman–Crippen LogP) is 2.23. The molecule has 0 fully saturated rings. The quantitative estimate of drug-likeness (QED) is 0.792. The summed E-state index contributed by atoms with van der Waals surface area (Å²) < 4.78 is 5.50. The second-order valence-corrected chi connectivity index (χ2v) is 5.35. The maximum Gasteiger partial charge on any atom is 0.122 e. The highest BCUT2D eigenvalue weighted by Gasteiger charge is 2.13. The van der Waals surface area contributed by atoms with Crippen molar-refractivity contribution in [3.63, 3.8) is 0 Å². The van der Waals surface area contributed by atoms with Crippen LogP contribution in [0.15, 0.2) is 16.7 Å². The average molecular weight is 234 g/mol. The van der Waals surface area contributed by atoms with Gasteiger partial charge in [0.1, 0.15) is 5.76 Å². The van der Waals surface area contributed by atoms with Gasteiger partial charge in [-0.15, -0.1) is 6.42 Å². The van der Waals surface area contributed by atoms with Crippen molar-refractivity contribution in [2.75, 3.05) is 13.6 Å². The Kier molecular flexibility index (Phi) is 4.80. The van der Waals surface area contributed by atoms with Gasteiger partial charge in [0, 0.05) is 17.6 Å². The van der Waals surface area contributed by atoms with Gasteiger partial charge >= 0.3 is 0 Å². The van der Waals surface area contributed by atoms with Gasteiger partial charge in [-0.1, -0.05) is 5.92 Å². The van der Waals surface area contributed by atoms with Crippen LogP contribution < -0.4 is 5.32 Å². The molecule has 3 heteroatoms. The van der Waals surface area contributed by atoms with Gasteiger partial charge in [-0.05, 0) is 33.9 Å². The summed E-state index contributed by atoms with van der Waals surface area (Å²) in [6.07, 6.45) is 7.02. The van der Waals surface area contributed by atoms with Crippen molar-refractivity contribution in [2.45, 2.75) is 39.4 Å². The number of hydrogen-bond acceptors (Lipinski definition) is 3. The first kappa shape index (κ1) is 13.8. The molecule has 1 aromatic rings. The fourth-order valence-corrected chi connectivity index (χ4v) is 1.51. The molecule has 1 heterocycles. The molecule has 0 radical (unpaired) electrons. The molecular formula is C14H22N2O. The molecule has 0 aliphatic heterocycles. The summed E-state index contributed by atoms with van der Waals surface area (Å²) in [5.41, 5.74) is 1.29. The Hall–Kier alpha value is -1.24. The van der Waals surface area contributed by atoms with Gasteiger partial charge in [0.25, 0.3) is 0 Å². The Balaban J connectivity index is 2.57. The molecule has 0 unspecified atom stereocenters. The molecule has 94 valence electrons. The Labute approximate surface area is 104 Å². The highest BCUT2D eigenvalue weighted by Crippen LogP contribution is 2.13. The fourth-order valence-electron chi connectivity index (χ4n) is 1.51. The molecule has 1 N–H and O–H groups in total. The summed E-state index contributed by atoms with van der Waals surface area (Å²) in [5, 5.41) is 3.42. The van der Waals surface area contributed by atoms with E-state index in [9.17, 15) is 0 Å². The minimum absolute atomic E-state index is 0.0920. The number of nitrogens with one attached hydrogen (secondary N) is 1. The number of nitrogens with zero attached hydrogens (tertiary/aromatic N) is 1. The molecule has 0 bridgehead atoms. The lowest BCUT2D eigenvalue weighted by Crippen LogP contribution is -2.35. The van der Waals surface area contributed by atoms with E-state index in [-0.39, 0.29) is 5.54 Å². The molecule has 1 aromatic heterocycles. The van der Waals surface area contributed by atoms with E-state index in [0.717, 1.165) is 18.8 Å². The smallest absolute Gasteiger partial charge is 0.122 e. The molecule has 0 amide bonds. The summed E-state index contributed by atoms with van der Waals surface area (Å²) in [4.78, 5) is 2.09. The van der Waals surface area contributed by atoms with Crippen LogP contribution >= 0.6 is 0 Å². The molecule has 0 atom stereocenters. The first-order valence-electron chi connectivity index (χ1n) is 5.84. The topological polar surface area (TPSA) is 28.4 Å². The number of rotatable bonds is 5. The first-order valence-corrected chi connectivity index (χ1v) is 5.84. The summed E-state index contributed by atoms with van der Waals surface area (Å²) in [7, 11) is 2.01. The normalized spacial score (nSPS) is 11.8. The van der Waals surface area contributed by atoms with Gasteiger partial charge in [0.15, 0.2) is 0 Å². The van der Waals surface area contributed by atoms with Crippen LogP contribution in [0.2, 0.25) is 0 Å². The van der Waals surface area contributed by atoms with E-state index >= 15 is 0 Å². The lowest BCUT2D eigenvalue weighted by Gasteiger charge is -2.20. The zero-order chi connectivity index (χ0) is 12.9. The highest BCUT2D eigenvalue weighted by atomic mass is 16.3. The number of furan rings is 1. The highest BCUT2D eigenvalue weighted by molar-refractivity contribution is 5.17. The molecule has 0 aliphatic carbocycles. The third-order valence-corrected chi connectivity index (χ3v) is 2.42. The van der Waals surface area contributed by atoms with E-state index < -0.39 is 0 Å². The first-order chi connectivity index (χ1) is 7.92. The van der Waals surface area contributed by atoms with Crippen LogP contribution in [0.3, 0.4) is 0 Å². The van der Waals surface area contributed by atoms with Crippen LogP contribution in [0, 0.1) is 12.3 Å². The summed E-state index contributed by atoms with van der Waals surface area (Å²) in [6.45, 7) is 8.63. The Morgan fingerprint density at radius 3 is 2.76 bits per heavy atom. The Bertz CT molecular complexity index is 382. The fraction of sp³-hybridized carbons (Fsp3) is 0.571. The van der Waals surface area contributed by atoms with Gasteiger partial charge in [0.05, 0.1) is 19.4 Å². The van der Waals surface area contributed by atoms with E-state index in [1.165, 1.54) is 5.56 Å². The number of hydrogen-bond donors (Lipinski definition) is 1. The van der Waals surface area contributed by atoms with Crippen molar-refractivity contribution in [3.8, 4) is 12.3 Å². The van der Waals surface area contributed by atoms with Crippen molar-refractivity contribution in [1.29, 1.82) is 0 Å². The summed E-state index contributed by atoms with van der Waals surface area (Å²) >= 11 is 0. The lowest BCUT2D eigenvalue weighted by atomic mass is 10.1. The molecule has 0 spiro atoms. The molecular weight excluding hydrogens is 212 g/mol. The van der Waals surface area contributed by atoms with Crippen LogP contribution in [-0.4, -0.2) is 24.0 Å². The van der Waals surface area contributed by atoms with Gasteiger partial charge in [-0.25, -0.2) is 0 Å². The van der Waals surface area contributed by atoms with Crippen molar-refractivity contribution >= 4 is 0 Å². The summed E-state index contributed by atoms with van der Waals surface area (Å²) in [5.74, 6) is 3.62. The second kappa shape index (κ2) is 5.90. The van der Waals surface area contributed by atoms with Crippen molar-refractivity contribution in [3.05, 3.63) is 23.7 Å². The SMILES string of the molecule is C#CCN(C)Cc1ccoc1CNC(C)(C)C. The summed E-state index contributed by atoms with van der Waals surface area (Å²) in [6, 6.07) is 2.01. The monoisotopic (exact) mass is 234 g/mol.